The molecule has 0 spiro atoms. The lowest BCUT2D eigenvalue weighted by Gasteiger charge is -2.05. The van der Waals surface area contributed by atoms with Crippen LogP contribution in [0.2, 0.25) is 0 Å². The van der Waals surface area contributed by atoms with E-state index in [-0.39, 0.29) is 47.7 Å². The van der Waals surface area contributed by atoms with Crippen LogP contribution in [0.4, 0.5) is 10.1 Å². The lowest BCUT2D eigenvalue weighted by Crippen LogP contribution is -2.36. The van der Waals surface area contributed by atoms with Crippen molar-refractivity contribution in [3.05, 3.63) is 29.7 Å². The van der Waals surface area contributed by atoms with Crippen LogP contribution in [0.1, 0.15) is 5.69 Å². The molecule has 0 fully saturated rings. The van der Waals surface area contributed by atoms with E-state index in [1.165, 1.54) is 12.1 Å². The number of nitrogens with one attached hydrogen (secondary N) is 2. The summed E-state index contributed by atoms with van der Waals surface area (Å²) in [7, 11) is 1.94. The van der Waals surface area contributed by atoms with Crippen molar-refractivity contribution < 1.29 is 27.4 Å². The molecule has 2 radical (unpaired) electrons. The van der Waals surface area contributed by atoms with Gasteiger partial charge in [0, 0.05) is 0 Å². The van der Waals surface area contributed by atoms with Gasteiger partial charge in [-0.3, -0.25) is 15.4 Å². The summed E-state index contributed by atoms with van der Waals surface area (Å²) in [6, 6.07) is 3.67. The minimum Gasteiger partial charge on any atom is -0.472 e. The molecular weight excluding hydrogens is 396 g/mol. The molecule has 15 heteroatoms. The van der Waals surface area contributed by atoms with Gasteiger partial charge < -0.3 is 10.5 Å². The predicted octanol–water partition coefficient (Wildman–Crippen LogP) is -1.70. The van der Waals surface area contributed by atoms with Gasteiger partial charge >= 0.3 is 0 Å². The molecule has 0 aliphatic heterocycles. The number of halogens is 1. The lowest BCUT2D eigenvalue weighted by molar-refractivity contribution is 0.233. The lowest BCUT2D eigenvalue weighted by atomic mass is 9.95. The molecule has 1 aromatic carbocycles. The molecule has 2 aromatic rings. The predicted molar refractivity (Wildman–Crippen MR) is 97.2 cm³/mol. The second-order valence-corrected chi connectivity index (χ2v) is 6.93. The van der Waals surface area contributed by atoms with Gasteiger partial charge in [-0.1, -0.05) is 5.46 Å². The topological polar surface area (TPSA) is 177 Å². The molecule has 0 aliphatic rings. The van der Waals surface area contributed by atoms with E-state index in [4.69, 9.17) is 18.3 Å². The highest BCUT2D eigenvalue weighted by Crippen LogP contribution is 2.17. The Bertz CT molecular complexity index is 995. The number of aliphatic imine (C=N–C) groups is 2. The number of hydroxylamine groups is 1. The maximum atomic E-state index is 13.2. The molecule has 148 valence electrons. The molecule has 0 unspecified atom stereocenters. The van der Waals surface area contributed by atoms with Crippen molar-refractivity contribution in [1.82, 2.24) is 20.5 Å². The van der Waals surface area contributed by atoms with Crippen LogP contribution < -0.4 is 26.1 Å². The number of nitrogens with two attached hydrogens (primary N) is 1. The Hall–Kier alpha value is -3.20. The first-order valence-corrected chi connectivity index (χ1v) is 9.36. The molecule has 0 amide bonds. The first-order valence-electron chi connectivity index (χ1n) is 7.47. The zero-order chi connectivity index (χ0) is 20.7. The minimum atomic E-state index is -3.53. The van der Waals surface area contributed by atoms with Gasteiger partial charge in [0.05, 0.1) is 18.5 Å². The van der Waals surface area contributed by atoms with Gasteiger partial charge in [0.1, 0.15) is 20.3 Å². The summed E-state index contributed by atoms with van der Waals surface area (Å²) >= 11 is 0. The van der Waals surface area contributed by atoms with Gasteiger partial charge in [-0.25, -0.2) is 27.4 Å². The van der Waals surface area contributed by atoms with E-state index in [9.17, 15) is 18.0 Å². The van der Waals surface area contributed by atoms with E-state index in [1.807, 2.05) is 10.2 Å². The van der Waals surface area contributed by atoms with Crippen LogP contribution in [-0.2, 0) is 10.0 Å². The van der Waals surface area contributed by atoms with E-state index in [2.05, 4.69) is 24.9 Å². The fourth-order valence-electron chi connectivity index (χ4n) is 1.81. The summed E-state index contributed by atoms with van der Waals surface area (Å²) in [5, 5.41) is 16.4. The van der Waals surface area contributed by atoms with Crippen molar-refractivity contribution in [2.24, 2.45) is 15.7 Å². The molecular formula is C13H15BFN7O5S. The van der Waals surface area contributed by atoms with Crippen LogP contribution in [0.25, 0.3) is 0 Å². The van der Waals surface area contributed by atoms with Crippen molar-refractivity contribution in [3.63, 3.8) is 0 Å². The summed E-state index contributed by atoms with van der Waals surface area (Å²) < 4.78 is 47.1. The molecule has 1 aromatic heterocycles. The normalized spacial score (nSPS) is 12.7. The Labute approximate surface area is 160 Å². The number of ether oxygens (including phenoxy) is 1. The zero-order valence-corrected chi connectivity index (χ0v) is 15.3. The van der Waals surface area contributed by atoms with Crippen LogP contribution in [-0.4, -0.2) is 63.0 Å². The Morgan fingerprint density at radius 2 is 2.21 bits per heavy atom. The van der Waals surface area contributed by atoms with E-state index >= 15 is 0 Å². The molecule has 5 N–H and O–H groups in total. The van der Waals surface area contributed by atoms with Gasteiger partial charge in [0.15, 0.2) is 5.84 Å². The number of nitrogens with zero attached hydrogens (tertiary/aromatic N) is 4. The number of amidine groups is 1. The van der Waals surface area contributed by atoms with Gasteiger partial charge in [0.25, 0.3) is 5.88 Å². The fourth-order valence-corrected chi connectivity index (χ4v) is 2.26. The number of rotatable bonds is 7. The summed E-state index contributed by atoms with van der Waals surface area (Å²) in [5.74, 6) is -1.27. The molecule has 2 rings (SSSR count). The van der Waals surface area contributed by atoms with Crippen molar-refractivity contribution in [3.8, 4) is 5.88 Å². The first-order chi connectivity index (χ1) is 13.2. The van der Waals surface area contributed by atoms with Crippen molar-refractivity contribution >= 4 is 40.8 Å². The second kappa shape index (κ2) is 9.14. The summed E-state index contributed by atoms with van der Waals surface area (Å²) in [4.78, 5) is 7.77. The van der Waals surface area contributed by atoms with Gasteiger partial charge in [-0.05, 0) is 28.5 Å². The van der Waals surface area contributed by atoms with Crippen LogP contribution >= 0.6 is 0 Å². The van der Waals surface area contributed by atoms with Crippen LogP contribution in [0.5, 0.6) is 5.88 Å². The molecule has 0 saturated heterocycles. The Balaban J connectivity index is 2.07. The number of guanidine groups is 1. The standard InChI is InChI=1S/C13H15BFN7O5S/c1-28(24,25)22-13(16)17-4-5-26-12-10(20-27-21-12)11(19-23)18-7-2-3-9(15)8(14)6-7/h2-3,6,23H,4-5H2,1H3,(H,18,19)(H3,16,17,22). The number of hydrogen-bond acceptors (Lipinski definition) is 9. The largest absolute Gasteiger partial charge is 0.472 e. The Kier molecular flexibility index (Phi) is 6.89. The average molecular weight is 411 g/mol. The van der Waals surface area contributed by atoms with Gasteiger partial charge in [-0.2, -0.15) is 0 Å². The van der Waals surface area contributed by atoms with E-state index < -0.39 is 15.8 Å². The highest BCUT2D eigenvalue weighted by atomic mass is 32.2. The summed E-state index contributed by atoms with van der Waals surface area (Å²) in [6.07, 6.45) is 0.927. The van der Waals surface area contributed by atoms with Gasteiger partial charge in [-0.15, -0.1) is 0 Å². The Morgan fingerprint density at radius 3 is 2.86 bits per heavy atom. The average Bonchev–Trinajstić information content (AvgIpc) is 3.06. The third-order valence-electron chi connectivity index (χ3n) is 2.91. The van der Waals surface area contributed by atoms with E-state index in [1.54, 1.807) is 0 Å². The van der Waals surface area contributed by atoms with Crippen LogP contribution in [0, 0.1) is 5.82 Å². The number of hydrogen-bond donors (Lipinski definition) is 4. The van der Waals surface area contributed by atoms with Gasteiger partial charge in [0.2, 0.25) is 21.7 Å². The first kappa shape index (κ1) is 21.1. The monoisotopic (exact) mass is 411 g/mol. The zero-order valence-electron chi connectivity index (χ0n) is 14.5. The Morgan fingerprint density at radius 1 is 1.46 bits per heavy atom. The molecule has 12 nitrogen and oxygen atoms in total. The summed E-state index contributed by atoms with van der Waals surface area (Å²) in [6.45, 7) is -0.0935. The number of aromatic nitrogens is 2. The number of benzene rings is 1. The minimum absolute atomic E-state index is 0.0197. The third-order valence-corrected chi connectivity index (χ3v) is 3.49. The molecule has 0 bridgehead atoms. The highest BCUT2D eigenvalue weighted by molar-refractivity contribution is 7.89. The fraction of sp³-hybridized carbons (Fsp3) is 0.231. The maximum Gasteiger partial charge on any atom is 0.287 e. The number of sulfonamides is 1. The van der Waals surface area contributed by atoms with E-state index in [0.29, 0.717) is 0 Å². The van der Waals surface area contributed by atoms with Crippen molar-refractivity contribution in [1.29, 1.82) is 0 Å². The van der Waals surface area contributed by atoms with Crippen LogP contribution in [0.15, 0.2) is 32.8 Å². The van der Waals surface area contributed by atoms with Crippen LogP contribution in [0.3, 0.4) is 0 Å². The summed E-state index contributed by atoms with van der Waals surface area (Å²) in [5.41, 5.74) is 7.19. The molecule has 0 saturated carbocycles. The second-order valence-electron chi connectivity index (χ2n) is 5.19. The van der Waals surface area contributed by atoms with Crippen molar-refractivity contribution in [2.75, 3.05) is 19.4 Å². The quantitative estimate of drug-likeness (QED) is 0.136. The van der Waals surface area contributed by atoms with Crippen molar-refractivity contribution in [2.45, 2.75) is 0 Å². The molecule has 0 atom stereocenters. The highest BCUT2D eigenvalue weighted by Gasteiger charge is 2.18. The van der Waals surface area contributed by atoms with E-state index in [0.717, 1.165) is 12.3 Å². The maximum absolute atomic E-state index is 13.2. The smallest absolute Gasteiger partial charge is 0.287 e. The third kappa shape index (κ3) is 6.20. The molecule has 1 heterocycles. The molecule has 28 heavy (non-hydrogen) atoms. The molecule has 0 aliphatic carbocycles. The SMILES string of the molecule is [B]c1cc(N=C(NO)c2nonc2OCCN=C(N)NS(C)(=O)=O)ccc1F.